The van der Waals surface area contributed by atoms with Gasteiger partial charge in [-0.2, -0.15) is 0 Å². The Kier molecular flexibility index (Phi) is 5.41. The van der Waals surface area contributed by atoms with Crippen LogP contribution in [0.25, 0.3) is 21.9 Å². The van der Waals surface area contributed by atoms with Gasteiger partial charge in [-0.1, -0.05) is 35.3 Å². The predicted octanol–water partition coefficient (Wildman–Crippen LogP) is 5.97. The maximum absolute atomic E-state index is 12.8. The average Bonchev–Trinajstić information content (AvgIpc) is 2.71. The molecule has 1 unspecified atom stereocenters. The van der Waals surface area contributed by atoms with Crippen LogP contribution in [0, 0.1) is 6.92 Å². The highest BCUT2D eigenvalue weighted by Crippen LogP contribution is 2.29. The molecule has 0 aliphatic heterocycles. The molecule has 0 saturated heterocycles. The van der Waals surface area contributed by atoms with Crippen LogP contribution in [0.1, 0.15) is 12.5 Å². The molecule has 0 aliphatic carbocycles. The quantitative estimate of drug-likeness (QED) is 0.396. The van der Waals surface area contributed by atoms with Gasteiger partial charge in [-0.05, 0) is 55.8 Å². The largest absolute Gasteiger partial charge is 0.479 e. The van der Waals surface area contributed by atoms with Crippen molar-refractivity contribution in [1.82, 2.24) is 0 Å². The molecule has 1 N–H and O–H groups in total. The number of halogens is 2. The number of carbonyl (C=O) groups is 1. The number of aryl methyl sites for hydroxylation is 1. The van der Waals surface area contributed by atoms with Gasteiger partial charge in [0, 0.05) is 16.8 Å². The third kappa shape index (κ3) is 3.86. The van der Waals surface area contributed by atoms with Crippen LogP contribution in [-0.2, 0) is 4.79 Å². The van der Waals surface area contributed by atoms with Gasteiger partial charge in [0.15, 0.2) is 6.10 Å². The van der Waals surface area contributed by atoms with E-state index < -0.39 is 6.10 Å². The summed E-state index contributed by atoms with van der Waals surface area (Å²) in [6.45, 7) is 3.49. The fourth-order valence-electron chi connectivity index (χ4n) is 3.15. The topological polar surface area (TPSA) is 68.5 Å². The summed E-state index contributed by atoms with van der Waals surface area (Å²) in [5.74, 6) is -0.0187. The lowest BCUT2D eigenvalue weighted by molar-refractivity contribution is -0.122. The molecule has 0 spiro atoms. The van der Waals surface area contributed by atoms with Gasteiger partial charge >= 0.3 is 0 Å². The van der Waals surface area contributed by atoms with E-state index in [4.69, 9.17) is 32.4 Å². The molecule has 3 aromatic carbocycles. The molecule has 5 nitrogen and oxygen atoms in total. The van der Waals surface area contributed by atoms with Crippen LogP contribution in [0.3, 0.4) is 0 Å². The zero-order chi connectivity index (χ0) is 21.4. The Balaban J connectivity index is 1.60. The molecule has 0 aliphatic rings. The fraction of sp³-hybridized carbons (Fsp3) is 0.130. The zero-order valence-electron chi connectivity index (χ0n) is 16.2. The third-order valence-electron chi connectivity index (χ3n) is 4.73. The molecular formula is C23H17Cl2NO4. The second-order valence-corrected chi connectivity index (χ2v) is 7.76. The Bertz CT molecular complexity index is 1350. The summed E-state index contributed by atoms with van der Waals surface area (Å²) in [7, 11) is 0. The Morgan fingerprint density at radius 2 is 1.87 bits per heavy atom. The van der Waals surface area contributed by atoms with E-state index in [1.54, 1.807) is 49.4 Å². The molecule has 1 heterocycles. The highest BCUT2D eigenvalue weighted by molar-refractivity contribution is 6.35. The molecule has 4 rings (SSSR count). The second-order valence-electron chi connectivity index (χ2n) is 6.92. The van der Waals surface area contributed by atoms with Crippen molar-refractivity contribution in [1.29, 1.82) is 0 Å². The first-order chi connectivity index (χ1) is 14.3. The summed E-state index contributed by atoms with van der Waals surface area (Å²) in [5, 5.41) is 4.54. The number of hydrogen-bond acceptors (Lipinski definition) is 4. The number of nitrogens with one attached hydrogen (secondary N) is 1. The number of benzene rings is 3. The second kappa shape index (κ2) is 8.01. The molecule has 30 heavy (non-hydrogen) atoms. The van der Waals surface area contributed by atoms with E-state index in [1.165, 1.54) is 0 Å². The lowest BCUT2D eigenvalue weighted by atomic mass is 10.1. The molecule has 0 bridgehead atoms. The number of amides is 1. The van der Waals surface area contributed by atoms with Crippen molar-refractivity contribution in [3.63, 3.8) is 0 Å². The summed E-state index contributed by atoms with van der Waals surface area (Å²) in [6.07, 6.45) is -0.815. The Morgan fingerprint density at radius 3 is 2.63 bits per heavy atom. The molecule has 1 atom stereocenters. The minimum absolute atomic E-state index is 0.109. The van der Waals surface area contributed by atoms with E-state index in [9.17, 15) is 9.59 Å². The van der Waals surface area contributed by atoms with Crippen LogP contribution in [0.4, 0.5) is 5.69 Å². The minimum Gasteiger partial charge on any atom is -0.479 e. The maximum Gasteiger partial charge on any atom is 0.265 e. The average molecular weight is 442 g/mol. The van der Waals surface area contributed by atoms with Crippen molar-refractivity contribution in [2.45, 2.75) is 20.0 Å². The number of fused-ring (bicyclic) bond motifs is 2. The van der Waals surface area contributed by atoms with Crippen LogP contribution in [-0.4, -0.2) is 12.0 Å². The Labute approximate surface area is 182 Å². The molecule has 7 heteroatoms. The van der Waals surface area contributed by atoms with Crippen LogP contribution < -0.4 is 15.5 Å². The van der Waals surface area contributed by atoms with Crippen LogP contribution in [0.2, 0.25) is 10.0 Å². The van der Waals surface area contributed by atoms with Crippen molar-refractivity contribution in [2.24, 2.45) is 0 Å². The highest BCUT2D eigenvalue weighted by Gasteiger charge is 2.17. The number of hydrogen-bond donors (Lipinski definition) is 1. The molecular weight excluding hydrogens is 425 g/mol. The molecule has 0 saturated carbocycles. The number of ether oxygens (including phenoxy) is 1. The number of para-hydroxylation sites is 1. The van der Waals surface area contributed by atoms with E-state index in [-0.39, 0.29) is 11.3 Å². The number of anilines is 1. The molecule has 0 radical (unpaired) electrons. The fourth-order valence-corrected chi connectivity index (χ4v) is 3.61. The molecule has 1 amide bonds. The molecule has 0 fully saturated rings. The first-order valence-corrected chi connectivity index (χ1v) is 9.98. The first kappa shape index (κ1) is 20.3. The van der Waals surface area contributed by atoms with E-state index >= 15 is 0 Å². The number of carbonyl (C=O) groups excluding carboxylic acids is 1. The number of rotatable bonds is 4. The van der Waals surface area contributed by atoms with E-state index in [0.717, 1.165) is 5.56 Å². The normalized spacial score (nSPS) is 12.1. The van der Waals surface area contributed by atoms with Crippen molar-refractivity contribution in [2.75, 3.05) is 5.32 Å². The molecule has 152 valence electrons. The van der Waals surface area contributed by atoms with Gasteiger partial charge in [-0.3, -0.25) is 9.59 Å². The first-order valence-electron chi connectivity index (χ1n) is 9.22. The lowest BCUT2D eigenvalue weighted by Gasteiger charge is -2.16. The maximum atomic E-state index is 12.8. The zero-order valence-corrected chi connectivity index (χ0v) is 17.7. The van der Waals surface area contributed by atoms with Crippen molar-refractivity contribution in [3.8, 4) is 5.75 Å². The summed E-state index contributed by atoms with van der Waals surface area (Å²) < 4.78 is 11.6. The van der Waals surface area contributed by atoms with Gasteiger partial charge in [0.25, 0.3) is 5.91 Å². The molecule has 4 aromatic rings. The SMILES string of the molecule is Cc1cccc2c(=O)c3ccc(NC(=O)C(C)Oc4ccc(Cl)cc4Cl)cc3oc12. The van der Waals surface area contributed by atoms with Gasteiger partial charge in [-0.25, -0.2) is 0 Å². The Hall–Kier alpha value is -3.02. The smallest absolute Gasteiger partial charge is 0.265 e. The lowest BCUT2D eigenvalue weighted by Crippen LogP contribution is -2.30. The molecule has 1 aromatic heterocycles. The van der Waals surface area contributed by atoms with Crippen LogP contribution in [0.15, 0.2) is 63.8 Å². The van der Waals surface area contributed by atoms with E-state index in [2.05, 4.69) is 5.32 Å². The highest BCUT2D eigenvalue weighted by atomic mass is 35.5. The van der Waals surface area contributed by atoms with Crippen LogP contribution in [0.5, 0.6) is 5.75 Å². The van der Waals surface area contributed by atoms with Crippen LogP contribution >= 0.6 is 23.2 Å². The van der Waals surface area contributed by atoms with Crippen molar-refractivity contribution in [3.05, 3.63) is 80.4 Å². The summed E-state index contributed by atoms with van der Waals surface area (Å²) in [5.41, 5.74) is 2.17. The van der Waals surface area contributed by atoms with Gasteiger partial charge in [0.2, 0.25) is 5.43 Å². The van der Waals surface area contributed by atoms with Gasteiger partial charge in [0.05, 0.1) is 15.8 Å². The Morgan fingerprint density at radius 1 is 1.07 bits per heavy atom. The summed E-state index contributed by atoms with van der Waals surface area (Å²) in [6, 6.07) is 15.1. The third-order valence-corrected chi connectivity index (χ3v) is 5.26. The van der Waals surface area contributed by atoms with Gasteiger partial charge in [-0.15, -0.1) is 0 Å². The van der Waals surface area contributed by atoms with Gasteiger partial charge in [0.1, 0.15) is 16.9 Å². The van der Waals surface area contributed by atoms with E-state index in [1.807, 2.05) is 19.1 Å². The van der Waals surface area contributed by atoms with E-state index in [0.29, 0.717) is 43.4 Å². The summed E-state index contributed by atoms with van der Waals surface area (Å²) in [4.78, 5) is 25.3. The van der Waals surface area contributed by atoms with Crippen molar-refractivity contribution >= 4 is 56.7 Å². The van der Waals surface area contributed by atoms with Gasteiger partial charge < -0.3 is 14.5 Å². The standard InChI is InChI=1S/C23H17Cl2NO4/c1-12-4-3-5-17-21(27)16-8-7-15(11-20(16)30-22(12)17)26-23(28)13(2)29-19-9-6-14(24)10-18(19)25/h3-11,13H,1-2H3,(H,26,28). The monoisotopic (exact) mass is 441 g/mol. The van der Waals surface area contributed by atoms with Crippen molar-refractivity contribution < 1.29 is 13.9 Å². The predicted molar refractivity (Wildman–Crippen MR) is 120 cm³/mol. The summed E-state index contributed by atoms with van der Waals surface area (Å²) >= 11 is 12.0. The minimum atomic E-state index is -0.815.